The summed E-state index contributed by atoms with van der Waals surface area (Å²) in [7, 11) is 0. The van der Waals surface area contributed by atoms with Crippen molar-refractivity contribution in [2.45, 2.75) is 50.5 Å². The highest BCUT2D eigenvalue weighted by Gasteiger charge is 2.41. The monoisotopic (exact) mass is 363 g/mol. The van der Waals surface area contributed by atoms with Crippen molar-refractivity contribution >= 4 is 18.6 Å². The summed E-state index contributed by atoms with van der Waals surface area (Å²) < 4.78 is 5.19. The number of carboxylic acids is 1. The van der Waals surface area contributed by atoms with Crippen LogP contribution in [-0.4, -0.2) is 45.8 Å². The van der Waals surface area contributed by atoms with E-state index in [4.69, 9.17) is 10.4 Å². The lowest BCUT2D eigenvalue weighted by Gasteiger charge is -2.44. The molecule has 0 saturated heterocycles. The van der Waals surface area contributed by atoms with Crippen LogP contribution in [0.4, 0.5) is 0 Å². The predicted octanol–water partition coefficient (Wildman–Crippen LogP) is 0.175. The molecule has 1 fully saturated rings. The van der Waals surface area contributed by atoms with Gasteiger partial charge in [0.1, 0.15) is 0 Å². The smallest absolute Gasteiger partial charge is 0.452 e. The molecule has 0 aromatic heterocycles. The van der Waals surface area contributed by atoms with E-state index in [1.165, 1.54) is 6.07 Å². The molecule has 1 atom stereocenters. The zero-order chi connectivity index (χ0) is 18.9. The first kappa shape index (κ1) is 18.7. The molecule has 0 spiro atoms. The first-order chi connectivity index (χ1) is 12.3. The molecule has 8 nitrogen and oxygen atoms in total. The van der Waals surface area contributed by atoms with Crippen LogP contribution in [0.15, 0.2) is 18.2 Å². The standard InChI is InChI=1S/C17H24BN2O6/c19-12-6-4-10(5-7-12)8-15(21)20-14-9-11-2-1-3-13(17(22)23)16(11)26-18(14,24)25/h1-3,10,12,14,24-25H,4-9,19H2,(H,20,21)(H,22,23)/q-1/t10?,12?,14-/m0/s1. The zero-order valence-corrected chi connectivity index (χ0v) is 14.4. The largest absolute Gasteiger partial charge is 0.668 e. The number of rotatable bonds is 4. The summed E-state index contributed by atoms with van der Waals surface area (Å²) in [6, 6.07) is 4.74. The van der Waals surface area contributed by atoms with Gasteiger partial charge in [-0.1, -0.05) is 12.1 Å². The van der Waals surface area contributed by atoms with Crippen LogP contribution in [0.5, 0.6) is 5.75 Å². The average Bonchev–Trinajstić information content (AvgIpc) is 2.56. The van der Waals surface area contributed by atoms with Crippen molar-refractivity contribution in [3.8, 4) is 5.75 Å². The Labute approximate surface area is 151 Å². The molecule has 1 heterocycles. The molecule has 2 aliphatic rings. The molecule has 9 heteroatoms. The van der Waals surface area contributed by atoms with Crippen molar-refractivity contribution < 1.29 is 29.4 Å². The van der Waals surface area contributed by atoms with Gasteiger partial charge in [-0.25, -0.2) is 4.79 Å². The maximum atomic E-state index is 12.3. The zero-order valence-electron chi connectivity index (χ0n) is 14.4. The SMILES string of the molecule is NC1CCC(CC(=O)N[C@H]2Cc3cccc(C(=O)O)c3O[B-]2(O)O)CC1. The van der Waals surface area contributed by atoms with Crippen LogP contribution in [0.2, 0.25) is 0 Å². The third-order valence-electron chi connectivity index (χ3n) is 5.29. The van der Waals surface area contributed by atoms with E-state index in [0.717, 1.165) is 25.7 Å². The highest BCUT2D eigenvalue weighted by Crippen LogP contribution is 2.33. The summed E-state index contributed by atoms with van der Waals surface area (Å²) in [5.74, 6) is -2.33. The van der Waals surface area contributed by atoms with E-state index in [1.54, 1.807) is 12.1 Å². The summed E-state index contributed by atoms with van der Waals surface area (Å²) in [6.07, 6.45) is 3.94. The van der Waals surface area contributed by atoms with Gasteiger partial charge in [0.2, 0.25) is 5.91 Å². The first-order valence-electron chi connectivity index (χ1n) is 8.94. The van der Waals surface area contributed by atoms with Crippen LogP contribution in [0.25, 0.3) is 0 Å². The number of carbonyl (C=O) groups excluding carboxylic acids is 1. The second-order valence-electron chi connectivity index (χ2n) is 7.34. The molecule has 0 bridgehead atoms. The number of hydrogen-bond donors (Lipinski definition) is 5. The molecule has 1 aliphatic carbocycles. The van der Waals surface area contributed by atoms with E-state index in [0.29, 0.717) is 12.0 Å². The van der Waals surface area contributed by atoms with Crippen molar-refractivity contribution in [2.24, 2.45) is 11.7 Å². The molecule has 0 unspecified atom stereocenters. The van der Waals surface area contributed by atoms with Crippen LogP contribution in [0, 0.1) is 5.92 Å². The normalized spacial score (nSPS) is 27.1. The first-order valence-corrected chi connectivity index (χ1v) is 8.94. The summed E-state index contributed by atoms with van der Waals surface area (Å²) in [5, 5.41) is 32.3. The summed E-state index contributed by atoms with van der Waals surface area (Å²) >= 11 is 0. The molecule has 0 radical (unpaired) electrons. The Balaban J connectivity index is 1.68. The van der Waals surface area contributed by atoms with Gasteiger partial charge in [-0.15, -0.1) is 0 Å². The van der Waals surface area contributed by atoms with Gasteiger partial charge in [-0.3, -0.25) is 4.79 Å². The minimum absolute atomic E-state index is 0.0585. The topological polar surface area (TPSA) is 142 Å². The Bertz CT molecular complexity index is 702. The highest BCUT2D eigenvalue weighted by molar-refractivity contribution is 6.61. The molecule has 142 valence electrons. The molecular formula is C17H24BN2O6-. The van der Waals surface area contributed by atoms with Crippen LogP contribution < -0.4 is 15.7 Å². The van der Waals surface area contributed by atoms with Gasteiger partial charge in [-0.2, -0.15) is 0 Å². The second kappa shape index (κ2) is 7.26. The van der Waals surface area contributed by atoms with Crippen molar-refractivity contribution in [3.05, 3.63) is 29.3 Å². The molecular weight excluding hydrogens is 339 g/mol. The van der Waals surface area contributed by atoms with Crippen molar-refractivity contribution in [3.63, 3.8) is 0 Å². The van der Waals surface area contributed by atoms with Gasteiger partial charge in [0.15, 0.2) is 0 Å². The number of nitrogens with two attached hydrogens (primary N) is 1. The Hall–Kier alpha value is -2.10. The van der Waals surface area contributed by atoms with Crippen LogP contribution >= 0.6 is 0 Å². The van der Waals surface area contributed by atoms with E-state index in [2.05, 4.69) is 5.32 Å². The second-order valence-corrected chi connectivity index (χ2v) is 7.34. The molecule has 1 aliphatic heterocycles. The minimum atomic E-state index is -3.41. The average molecular weight is 363 g/mol. The molecule has 26 heavy (non-hydrogen) atoms. The van der Waals surface area contributed by atoms with E-state index in [9.17, 15) is 24.7 Å². The quantitative estimate of drug-likeness (QED) is 0.480. The number of fused-ring (bicyclic) bond motifs is 1. The van der Waals surface area contributed by atoms with Gasteiger partial charge < -0.3 is 30.9 Å². The Morgan fingerprint density at radius 2 is 1.92 bits per heavy atom. The van der Waals surface area contributed by atoms with Crippen LogP contribution in [0.3, 0.4) is 0 Å². The minimum Gasteiger partial charge on any atom is -0.668 e. The number of carbonyl (C=O) groups is 2. The van der Waals surface area contributed by atoms with Gasteiger partial charge in [0, 0.05) is 18.4 Å². The Morgan fingerprint density at radius 3 is 2.58 bits per heavy atom. The fourth-order valence-electron chi connectivity index (χ4n) is 3.78. The summed E-state index contributed by atoms with van der Waals surface area (Å²) in [5.41, 5.74) is 6.24. The predicted molar refractivity (Wildman–Crippen MR) is 94.4 cm³/mol. The van der Waals surface area contributed by atoms with E-state index < -0.39 is 18.7 Å². The fraction of sp³-hybridized carbons (Fsp3) is 0.529. The van der Waals surface area contributed by atoms with Crippen molar-refractivity contribution in [2.75, 3.05) is 0 Å². The van der Waals surface area contributed by atoms with E-state index in [1.807, 2.05) is 0 Å². The van der Waals surface area contributed by atoms with E-state index >= 15 is 0 Å². The molecule has 6 N–H and O–H groups in total. The molecule has 1 amide bonds. The van der Waals surface area contributed by atoms with E-state index in [-0.39, 0.29) is 35.6 Å². The highest BCUT2D eigenvalue weighted by atomic mass is 16.6. The maximum absolute atomic E-state index is 12.3. The van der Waals surface area contributed by atoms with Crippen molar-refractivity contribution in [1.82, 2.24) is 5.32 Å². The number of hydrogen-bond acceptors (Lipinski definition) is 6. The van der Waals surface area contributed by atoms with Gasteiger partial charge in [0.05, 0.1) is 11.3 Å². The number of carboxylic acid groups (broad SMARTS) is 1. The lowest BCUT2D eigenvalue weighted by Crippen LogP contribution is -2.64. The summed E-state index contributed by atoms with van der Waals surface area (Å²) in [4.78, 5) is 23.6. The Kier molecular flexibility index (Phi) is 5.22. The number of aromatic carboxylic acids is 1. The van der Waals surface area contributed by atoms with Crippen molar-refractivity contribution in [1.29, 1.82) is 0 Å². The number of amides is 1. The summed E-state index contributed by atoms with van der Waals surface area (Å²) in [6.45, 7) is -3.41. The molecule has 1 saturated carbocycles. The number of benzene rings is 1. The van der Waals surface area contributed by atoms with Crippen LogP contribution in [0.1, 0.15) is 48.0 Å². The molecule has 1 aromatic carbocycles. The van der Waals surface area contributed by atoms with Gasteiger partial charge in [-0.05, 0) is 49.7 Å². The lowest BCUT2D eigenvalue weighted by molar-refractivity contribution is -0.122. The Morgan fingerprint density at radius 1 is 1.23 bits per heavy atom. The van der Waals surface area contributed by atoms with Gasteiger partial charge >= 0.3 is 12.7 Å². The van der Waals surface area contributed by atoms with Crippen LogP contribution in [-0.2, 0) is 11.2 Å². The molecule has 1 aromatic rings. The third kappa shape index (κ3) is 4.00. The lowest BCUT2D eigenvalue weighted by atomic mass is 9.64. The maximum Gasteiger partial charge on any atom is 0.452 e. The van der Waals surface area contributed by atoms with Gasteiger partial charge in [0.25, 0.3) is 0 Å². The fourth-order valence-corrected chi connectivity index (χ4v) is 3.78. The third-order valence-corrected chi connectivity index (χ3v) is 5.29. The molecule has 3 rings (SSSR count). The number of para-hydroxylation sites is 1. The number of nitrogens with one attached hydrogen (secondary N) is 1.